The molecule has 2 aromatic rings. The maximum Gasteiger partial charge on any atom is 0.416 e. The number of halogens is 5. The smallest absolute Gasteiger partial charge is 0.416 e. The average Bonchev–Trinajstić information content (AvgIpc) is 2.59. The van der Waals surface area contributed by atoms with E-state index in [0.29, 0.717) is 0 Å². The van der Waals surface area contributed by atoms with Crippen LogP contribution in [0.15, 0.2) is 42.5 Å². The number of rotatable bonds is 5. The molecule has 4 nitrogen and oxygen atoms in total. The number of hydrogen-bond donors (Lipinski definition) is 1. The Morgan fingerprint density at radius 2 is 1.81 bits per heavy atom. The number of nitrogens with one attached hydrogen (secondary N) is 1. The van der Waals surface area contributed by atoms with Crippen molar-refractivity contribution in [3.63, 3.8) is 0 Å². The SMILES string of the molecule is O=C(COC(=O)c1ccc(F)c(Cl)c1)NCc1ccccc1C(F)(F)F. The summed E-state index contributed by atoms with van der Waals surface area (Å²) in [5.41, 5.74) is -1.05. The molecule has 0 aromatic heterocycles. The molecule has 26 heavy (non-hydrogen) atoms. The van der Waals surface area contributed by atoms with E-state index in [0.717, 1.165) is 24.3 Å². The molecular formula is C17H12ClF4NO3. The van der Waals surface area contributed by atoms with Crippen LogP contribution in [0.5, 0.6) is 0 Å². The van der Waals surface area contributed by atoms with Crippen LogP contribution < -0.4 is 5.32 Å². The first-order chi connectivity index (χ1) is 12.2. The number of esters is 1. The monoisotopic (exact) mass is 389 g/mol. The molecule has 2 aromatic carbocycles. The quantitative estimate of drug-likeness (QED) is 0.622. The summed E-state index contributed by atoms with van der Waals surface area (Å²) < 4.78 is 56.3. The van der Waals surface area contributed by atoms with Crippen molar-refractivity contribution in [1.29, 1.82) is 0 Å². The van der Waals surface area contributed by atoms with Gasteiger partial charge in [0.2, 0.25) is 0 Å². The van der Waals surface area contributed by atoms with Crippen molar-refractivity contribution in [3.05, 3.63) is 70.0 Å². The van der Waals surface area contributed by atoms with Crippen molar-refractivity contribution >= 4 is 23.5 Å². The summed E-state index contributed by atoms with van der Waals surface area (Å²) >= 11 is 5.54. The second kappa shape index (κ2) is 8.18. The van der Waals surface area contributed by atoms with Gasteiger partial charge in [0.1, 0.15) is 5.82 Å². The summed E-state index contributed by atoms with van der Waals surface area (Å²) in [6.45, 7) is -1.09. The highest BCUT2D eigenvalue weighted by Crippen LogP contribution is 2.31. The van der Waals surface area contributed by atoms with Crippen LogP contribution >= 0.6 is 11.6 Å². The molecule has 0 aliphatic rings. The summed E-state index contributed by atoms with van der Waals surface area (Å²) in [6, 6.07) is 7.92. The van der Waals surface area contributed by atoms with Gasteiger partial charge in [0.25, 0.3) is 5.91 Å². The predicted molar refractivity (Wildman–Crippen MR) is 85.0 cm³/mol. The minimum atomic E-state index is -4.55. The molecule has 0 aliphatic carbocycles. The molecular weight excluding hydrogens is 378 g/mol. The van der Waals surface area contributed by atoms with E-state index >= 15 is 0 Å². The van der Waals surface area contributed by atoms with Gasteiger partial charge >= 0.3 is 12.1 Å². The number of carbonyl (C=O) groups excluding carboxylic acids is 2. The van der Waals surface area contributed by atoms with Gasteiger partial charge in [-0.15, -0.1) is 0 Å². The highest BCUT2D eigenvalue weighted by molar-refractivity contribution is 6.31. The lowest BCUT2D eigenvalue weighted by Crippen LogP contribution is -2.29. The third kappa shape index (κ3) is 5.19. The van der Waals surface area contributed by atoms with E-state index in [2.05, 4.69) is 5.32 Å². The molecule has 0 saturated heterocycles. The minimum Gasteiger partial charge on any atom is -0.452 e. The molecule has 0 fully saturated rings. The third-order valence-corrected chi connectivity index (χ3v) is 3.58. The van der Waals surface area contributed by atoms with Crippen LogP contribution in [-0.2, 0) is 22.3 Å². The number of carbonyl (C=O) groups is 2. The minimum absolute atomic E-state index is 0.0633. The summed E-state index contributed by atoms with van der Waals surface area (Å²) in [5.74, 6) is -2.43. The van der Waals surface area contributed by atoms with Gasteiger partial charge in [0.05, 0.1) is 16.1 Å². The molecule has 138 valence electrons. The van der Waals surface area contributed by atoms with Crippen LogP contribution in [0, 0.1) is 5.82 Å². The average molecular weight is 390 g/mol. The molecule has 0 aliphatic heterocycles. The fourth-order valence-electron chi connectivity index (χ4n) is 2.03. The van der Waals surface area contributed by atoms with E-state index in [-0.39, 0.29) is 22.7 Å². The van der Waals surface area contributed by atoms with Crippen LogP contribution in [0.3, 0.4) is 0 Å². The normalized spacial score (nSPS) is 11.1. The zero-order chi connectivity index (χ0) is 19.3. The van der Waals surface area contributed by atoms with Crippen LogP contribution in [0.4, 0.5) is 17.6 Å². The number of amides is 1. The Bertz CT molecular complexity index is 824. The maximum atomic E-state index is 13.0. The first-order valence-corrected chi connectivity index (χ1v) is 7.60. The number of ether oxygens (including phenoxy) is 1. The summed E-state index contributed by atoms with van der Waals surface area (Å²) in [5, 5.41) is 1.95. The highest BCUT2D eigenvalue weighted by atomic mass is 35.5. The largest absolute Gasteiger partial charge is 0.452 e. The lowest BCUT2D eigenvalue weighted by Gasteiger charge is -2.13. The van der Waals surface area contributed by atoms with Gasteiger partial charge in [-0.25, -0.2) is 9.18 Å². The van der Waals surface area contributed by atoms with E-state index < -0.39 is 36.0 Å². The number of hydrogen-bond acceptors (Lipinski definition) is 3. The van der Waals surface area contributed by atoms with Crippen molar-refractivity contribution in [2.45, 2.75) is 12.7 Å². The van der Waals surface area contributed by atoms with E-state index in [1.807, 2.05) is 0 Å². The fraction of sp³-hybridized carbons (Fsp3) is 0.176. The van der Waals surface area contributed by atoms with Crippen LogP contribution in [-0.4, -0.2) is 18.5 Å². The molecule has 2 rings (SSSR count). The van der Waals surface area contributed by atoms with E-state index in [9.17, 15) is 27.2 Å². The number of alkyl halides is 3. The van der Waals surface area contributed by atoms with E-state index in [1.165, 1.54) is 18.2 Å². The molecule has 0 bridgehead atoms. The second-order valence-corrected chi connectivity index (χ2v) is 5.54. The van der Waals surface area contributed by atoms with Gasteiger partial charge < -0.3 is 10.1 Å². The molecule has 1 N–H and O–H groups in total. The van der Waals surface area contributed by atoms with Gasteiger partial charge in [-0.1, -0.05) is 29.8 Å². The van der Waals surface area contributed by atoms with Gasteiger partial charge in [-0.3, -0.25) is 4.79 Å². The Balaban J connectivity index is 1.90. The molecule has 1 amide bonds. The van der Waals surface area contributed by atoms with Gasteiger partial charge in [-0.05, 0) is 29.8 Å². The molecule has 0 atom stereocenters. The summed E-state index contributed by atoms with van der Waals surface area (Å²) in [4.78, 5) is 23.4. The van der Waals surface area contributed by atoms with E-state index in [4.69, 9.17) is 16.3 Å². The lowest BCUT2D eigenvalue weighted by atomic mass is 10.1. The Morgan fingerprint density at radius 3 is 2.46 bits per heavy atom. The Labute approximate surface area is 150 Å². The van der Waals surface area contributed by atoms with Crippen molar-refractivity contribution in [3.8, 4) is 0 Å². The van der Waals surface area contributed by atoms with Crippen molar-refractivity contribution in [1.82, 2.24) is 5.32 Å². The van der Waals surface area contributed by atoms with Crippen LogP contribution in [0.1, 0.15) is 21.5 Å². The Hall–Kier alpha value is -2.61. The van der Waals surface area contributed by atoms with Crippen LogP contribution in [0.25, 0.3) is 0 Å². The molecule has 0 spiro atoms. The second-order valence-electron chi connectivity index (χ2n) is 5.14. The third-order valence-electron chi connectivity index (χ3n) is 3.29. The summed E-state index contributed by atoms with van der Waals surface area (Å²) in [6.07, 6.45) is -4.55. The molecule has 0 saturated carbocycles. The topological polar surface area (TPSA) is 55.4 Å². The van der Waals surface area contributed by atoms with Gasteiger partial charge in [0.15, 0.2) is 6.61 Å². The fourth-order valence-corrected chi connectivity index (χ4v) is 2.21. The summed E-state index contributed by atoms with van der Waals surface area (Å²) in [7, 11) is 0. The van der Waals surface area contributed by atoms with E-state index in [1.54, 1.807) is 0 Å². The molecule has 0 heterocycles. The zero-order valence-electron chi connectivity index (χ0n) is 13.1. The first kappa shape index (κ1) is 19.7. The highest BCUT2D eigenvalue weighted by Gasteiger charge is 2.32. The van der Waals surface area contributed by atoms with Crippen molar-refractivity contribution in [2.75, 3.05) is 6.61 Å². The zero-order valence-corrected chi connectivity index (χ0v) is 13.8. The number of benzene rings is 2. The molecule has 9 heteroatoms. The van der Waals surface area contributed by atoms with Gasteiger partial charge in [-0.2, -0.15) is 13.2 Å². The first-order valence-electron chi connectivity index (χ1n) is 7.22. The standard InChI is InChI=1S/C17H12ClF4NO3/c18-13-7-10(5-6-14(13)19)16(25)26-9-15(24)23-8-11-3-1-2-4-12(11)17(20,21)22/h1-7H,8-9H2,(H,23,24). The molecule has 0 unspecified atom stereocenters. The van der Waals surface area contributed by atoms with Gasteiger partial charge in [0, 0.05) is 6.54 Å². The maximum absolute atomic E-state index is 13.0. The Kier molecular flexibility index (Phi) is 6.20. The lowest BCUT2D eigenvalue weighted by molar-refractivity contribution is -0.138. The predicted octanol–water partition coefficient (Wildman–Crippen LogP) is 3.97. The Morgan fingerprint density at radius 1 is 1.12 bits per heavy atom. The van der Waals surface area contributed by atoms with Crippen LogP contribution in [0.2, 0.25) is 5.02 Å². The van der Waals surface area contributed by atoms with Crippen molar-refractivity contribution in [2.24, 2.45) is 0 Å². The van der Waals surface area contributed by atoms with Crippen molar-refractivity contribution < 1.29 is 31.9 Å². The molecule has 0 radical (unpaired) electrons.